The lowest BCUT2D eigenvalue weighted by Crippen LogP contribution is -2.48. The molecule has 1 aromatic rings. The molecule has 0 unspecified atom stereocenters. The van der Waals surface area contributed by atoms with Crippen molar-refractivity contribution < 1.29 is 9.18 Å². The highest BCUT2D eigenvalue weighted by Gasteiger charge is 2.20. The number of nitrogens with zero attached hydrogens (tertiary/aromatic N) is 2. The van der Waals surface area contributed by atoms with Crippen molar-refractivity contribution in [3.63, 3.8) is 0 Å². The summed E-state index contributed by atoms with van der Waals surface area (Å²) in [6.07, 6.45) is 7.02. The Hall–Kier alpha value is -1.62. The quantitative estimate of drug-likeness (QED) is 0.859. The van der Waals surface area contributed by atoms with E-state index >= 15 is 0 Å². The predicted molar refractivity (Wildman–Crippen MR) is 99.3 cm³/mol. The van der Waals surface area contributed by atoms with Gasteiger partial charge in [0.15, 0.2) is 0 Å². The largest absolute Gasteiger partial charge is 0.367 e. The zero-order valence-electron chi connectivity index (χ0n) is 15.1. The van der Waals surface area contributed by atoms with Crippen LogP contribution >= 0.6 is 0 Å². The summed E-state index contributed by atoms with van der Waals surface area (Å²) in [5.74, 6) is 0.654. The lowest BCUT2D eigenvalue weighted by Gasteiger charge is -2.36. The van der Waals surface area contributed by atoms with Gasteiger partial charge in [-0.05, 0) is 30.9 Å². The first kappa shape index (κ1) is 18.2. The van der Waals surface area contributed by atoms with Crippen LogP contribution in [-0.2, 0) is 4.79 Å². The highest BCUT2D eigenvalue weighted by Crippen LogP contribution is 2.26. The maximum Gasteiger partial charge on any atom is 0.220 e. The van der Waals surface area contributed by atoms with E-state index in [0.717, 1.165) is 32.7 Å². The van der Waals surface area contributed by atoms with Crippen LogP contribution in [-0.4, -0.2) is 50.1 Å². The number of para-hydroxylation sites is 1. The Kier molecular flexibility index (Phi) is 6.68. The van der Waals surface area contributed by atoms with E-state index in [1.807, 2.05) is 12.1 Å². The van der Waals surface area contributed by atoms with Gasteiger partial charge in [-0.25, -0.2) is 4.39 Å². The lowest BCUT2D eigenvalue weighted by molar-refractivity contribution is -0.122. The summed E-state index contributed by atoms with van der Waals surface area (Å²) in [4.78, 5) is 16.5. The fraction of sp³-hybridized carbons (Fsp3) is 0.650. The Morgan fingerprint density at radius 3 is 2.52 bits per heavy atom. The summed E-state index contributed by atoms with van der Waals surface area (Å²) in [6.45, 7) is 5.07. The average molecular weight is 347 g/mol. The van der Waals surface area contributed by atoms with Crippen molar-refractivity contribution in [3.8, 4) is 0 Å². The second-order valence-corrected chi connectivity index (χ2v) is 7.34. The molecule has 1 saturated carbocycles. The number of anilines is 1. The van der Waals surface area contributed by atoms with Crippen LogP contribution in [0.2, 0.25) is 0 Å². The number of amides is 1. The third-order valence-corrected chi connectivity index (χ3v) is 5.51. The molecule has 1 aromatic carbocycles. The van der Waals surface area contributed by atoms with Crippen LogP contribution in [0.15, 0.2) is 24.3 Å². The van der Waals surface area contributed by atoms with Crippen molar-refractivity contribution >= 4 is 11.6 Å². The molecule has 0 aromatic heterocycles. The molecular weight excluding hydrogens is 317 g/mol. The van der Waals surface area contributed by atoms with Crippen LogP contribution in [0.5, 0.6) is 0 Å². The van der Waals surface area contributed by atoms with E-state index in [-0.39, 0.29) is 11.7 Å². The van der Waals surface area contributed by atoms with Crippen LogP contribution in [0, 0.1) is 11.7 Å². The summed E-state index contributed by atoms with van der Waals surface area (Å²) in [7, 11) is 0. The zero-order valence-corrected chi connectivity index (χ0v) is 15.1. The number of rotatable bonds is 6. The zero-order chi connectivity index (χ0) is 17.5. The van der Waals surface area contributed by atoms with Crippen LogP contribution in [0.4, 0.5) is 10.1 Å². The number of hydrogen-bond donors (Lipinski definition) is 1. The van der Waals surface area contributed by atoms with E-state index < -0.39 is 0 Å². The van der Waals surface area contributed by atoms with Gasteiger partial charge < -0.3 is 10.2 Å². The Bertz CT molecular complexity index is 552. The summed E-state index contributed by atoms with van der Waals surface area (Å²) in [6, 6.07) is 6.97. The molecule has 0 atom stereocenters. The minimum atomic E-state index is -0.147. The van der Waals surface area contributed by atoms with Gasteiger partial charge in [-0.1, -0.05) is 31.4 Å². The summed E-state index contributed by atoms with van der Waals surface area (Å²) in [5.41, 5.74) is 0.697. The molecule has 25 heavy (non-hydrogen) atoms. The van der Waals surface area contributed by atoms with E-state index in [9.17, 15) is 9.18 Å². The first-order valence-corrected chi connectivity index (χ1v) is 9.71. The smallest absolute Gasteiger partial charge is 0.220 e. The van der Waals surface area contributed by atoms with Crippen LogP contribution in [0.1, 0.15) is 38.5 Å². The number of nitrogens with one attached hydrogen (secondary N) is 1. The number of piperazine rings is 1. The monoisotopic (exact) mass is 347 g/mol. The van der Waals surface area contributed by atoms with Crippen molar-refractivity contribution in [2.24, 2.45) is 5.92 Å². The Morgan fingerprint density at radius 1 is 1.08 bits per heavy atom. The molecular formula is C20H30FN3O. The van der Waals surface area contributed by atoms with E-state index in [1.54, 1.807) is 6.07 Å². The maximum atomic E-state index is 13.9. The maximum absolute atomic E-state index is 13.9. The summed E-state index contributed by atoms with van der Waals surface area (Å²) < 4.78 is 13.9. The average Bonchev–Trinajstić information content (AvgIpc) is 2.64. The lowest BCUT2D eigenvalue weighted by atomic mass is 9.87. The van der Waals surface area contributed by atoms with Crippen LogP contribution < -0.4 is 10.2 Å². The van der Waals surface area contributed by atoms with Gasteiger partial charge in [-0.3, -0.25) is 9.69 Å². The molecule has 3 rings (SSSR count). The predicted octanol–water partition coefficient (Wildman–Crippen LogP) is 3.03. The molecule has 2 aliphatic rings. The van der Waals surface area contributed by atoms with Gasteiger partial charge in [-0.2, -0.15) is 0 Å². The first-order valence-electron chi connectivity index (χ1n) is 9.71. The topological polar surface area (TPSA) is 35.6 Å². The minimum Gasteiger partial charge on any atom is -0.367 e. The van der Waals surface area contributed by atoms with Gasteiger partial charge in [0.05, 0.1) is 5.69 Å². The Balaban J connectivity index is 1.32. The number of hydrogen-bond acceptors (Lipinski definition) is 3. The number of carbonyl (C=O) groups excluding carboxylic acids is 1. The van der Waals surface area contributed by atoms with Gasteiger partial charge in [0.1, 0.15) is 5.82 Å². The van der Waals surface area contributed by atoms with Gasteiger partial charge >= 0.3 is 0 Å². The molecule has 1 heterocycles. The highest BCUT2D eigenvalue weighted by molar-refractivity contribution is 5.76. The van der Waals surface area contributed by atoms with Crippen molar-refractivity contribution in [2.45, 2.75) is 38.5 Å². The molecule has 4 nitrogen and oxygen atoms in total. The molecule has 1 saturated heterocycles. The highest BCUT2D eigenvalue weighted by atomic mass is 19.1. The van der Waals surface area contributed by atoms with E-state index in [4.69, 9.17) is 0 Å². The molecule has 0 radical (unpaired) electrons. The fourth-order valence-corrected chi connectivity index (χ4v) is 4.00. The summed E-state index contributed by atoms with van der Waals surface area (Å²) >= 11 is 0. The third-order valence-electron chi connectivity index (χ3n) is 5.51. The summed E-state index contributed by atoms with van der Waals surface area (Å²) in [5, 5.41) is 3.08. The molecule has 0 bridgehead atoms. The van der Waals surface area contributed by atoms with Gasteiger partial charge in [-0.15, -0.1) is 0 Å². The van der Waals surface area contributed by atoms with Gasteiger partial charge in [0.25, 0.3) is 0 Å². The van der Waals surface area contributed by atoms with Crippen molar-refractivity contribution in [1.29, 1.82) is 0 Å². The number of carbonyl (C=O) groups is 1. The molecule has 5 heteroatoms. The molecule has 138 valence electrons. The normalized spacial score (nSPS) is 19.8. The second-order valence-electron chi connectivity index (χ2n) is 7.34. The number of halogens is 1. The molecule has 1 amide bonds. The second kappa shape index (κ2) is 9.18. The molecule has 1 N–H and O–H groups in total. The van der Waals surface area contributed by atoms with Crippen LogP contribution in [0.25, 0.3) is 0 Å². The Morgan fingerprint density at radius 2 is 1.80 bits per heavy atom. The SMILES string of the molecule is O=C(CC1CCCCC1)NCCN1CCN(c2ccccc2F)CC1. The number of benzene rings is 1. The molecule has 0 spiro atoms. The van der Waals surface area contributed by atoms with E-state index in [1.165, 1.54) is 38.2 Å². The molecule has 1 aliphatic heterocycles. The fourth-order valence-electron chi connectivity index (χ4n) is 4.00. The minimum absolute atomic E-state index is 0.147. The standard InChI is InChI=1S/C20H30FN3O/c21-18-8-4-5-9-19(18)24-14-12-23(13-15-24)11-10-22-20(25)16-17-6-2-1-3-7-17/h4-5,8-9,17H,1-3,6-7,10-16H2,(H,22,25). The first-order chi connectivity index (χ1) is 12.2. The van der Waals surface area contributed by atoms with Gasteiger partial charge in [0, 0.05) is 45.7 Å². The van der Waals surface area contributed by atoms with Gasteiger partial charge in [0.2, 0.25) is 5.91 Å². The molecule has 2 fully saturated rings. The molecule has 1 aliphatic carbocycles. The van der Waals surface area contributed by atoms with E-state index in [0.29, 0.717) is 24.6 Å². The Labute approximate surface area is 150 Å². The van der Waals surface area contributed by atoms with Crippen LogP contribution in [0.3, 0.4) is 0 Å². The third kappa shape index (κ3) is 5.43. The van der Waals surface area contributed by atoms with Crippen molar-refractivity contribution in [2.75, 3.05) is 44.2 Å². The van der Waals surface area contributed by atoms with E-state index in [2.05, 4.69) is 15.1 Å². The van der Waals surface area contributed by atoms with Crippen molar-refractivity contribution in [3.05, 3.63) is 30.1 Å². The van der Waals surface area contributed by atoms with Crippen molar-refractivity contribution in [1.82, 2.24) is 10.2 Å².